The number of carbonyl (C=O) groups excluding carboxylic acids is 1. The standard InChI is InChI=1S/C19H22BrClN2O4.2ClH/c1-25-16-8-12-15(23-10-13(20)18(12)21)9-17(16)26-7-6-14(22)19(24)27-11-4-2-3-5-11;;/h8-11,14H,2-7,22H2,1H3;2*1H/t14-;;/m0../s1. The van der Waals surface area contributed by atoms with Crippen molar-refractivity contribution in [3.63, 3.8) is 0 Å². The molecule has 29 heavy (non-hydrogen) atoms. The number of aromatic nitrogens is 1. The highest BCUT2D eigenvalue weighted by Gasteiger charge is 2.23. The second-order valence-electron chi connectivity index (χ2n) is 6.53. The molecule has 1 saturated carbocycles. The van der Waals surface area contributed by atoms with Crippen molar-refractivity contribution in [2.24, 2.45) is 5.73 Å². The average molecular weight is 531 g/mol. The van der Waals surface area contributed by atoms with Gasteiger partial charge in [-0.25, -0.2) is 0 Å². The number of esters is 1. The summed E-state index contributed by atoms with van der Waals surface area (Å²) in [6, 6.07) is 2.83. The van der Waals surface area contributed by atoms with Crippen LogP contribution in [0.25, 0.3) is 10.9 Å². The number of ether oxygens (including phenoxy) is 3. The van der Waals surface area contributed by atoms with Crippen molar-refractivity contribution in [1.82, 2.24) is 4.98 Å². The molecule has 1 aliphatic carbocycles. The Balaban J connectivity index is 0.00000210. The van der Waals surface area contributed by atoms with Crippen LogP contribution in [0.5, 0.6) is 11.5 Å². The van der Waals surface area contributed by atoms with Crippen molar-refractivity contribution in [3.05, 3.63) is 27.8 Å². The molecule has 10 heteroatoms. The number of rotatable bonds is 7. The highest BCUT2D eigenvalue weighted by molar-refractivity contribution is 9.10. The van der Waals surface area contributed by atoms with E-state index in [1.165, 1.54) is 0 Å². The minimum atomic E-state index is -0.708. The van der Waals surface area contributed by atoms with Gasteiger partial charge >= 0.3 is 5.97 Å². The number of hydrogen-bond acceptors (Lipinski definition) is 6. The molecule has 6 nitrogen and oxygen atoms in total. The van der Waals surface area contributed by atoms with Gasteiger partial charge in [0.05, 0.1) is 28.7 Å². The predicted molar refractivity (Wildman–Crippen MR) is 122 cm³/mol. The molecule has 2 aromatic rings. The Bertz CT molecular complexity index is 835. The average Bonchev–Trinajstić information content (AvgIpc) is 3.17. The zero-order chi connectivity index (χ0) is 19.4. The van der Waals surface area contributed by atoms with Gasteiger partial charge < -0.3 is 19.9 Å². The maximum Gasteiger partial charge on any atom is 0.323 e. The first-order valence-electron chi connectivity index (χ1n) is 8.90. The molecule has 0 aliphatic heterocycles. The number of nitrogens with zero attached hydrogens (tertiary/aromatic N) is 1. The highest BCUT2D eigenvalue weighted by atomic mass is 79.9. The van der Waals surface area contributed by atoms with Gasteiger partial charge in [0, 0.05) is 24.1 Å². The van der Waals surface area contributed by atoms with E-state index >= 15 is 0 Å². The van der Waals surface area contributed by atoms with E-state index in [9.17, 15) is 4.79 Å². The predicted octanol–water partition coefficient (Wildman–Crippen LogP) is 5.08. The fraction of sp³-hybridized carbons (Fsp3) is 0.474. The third-order valence-electron chi connectivity index (χ3n) is 4.62. The molecule has 1 atom stereocenters. The maximum atomic E-state index is 12.1. The largest absolute Gasteiger partial charge is 0.493 e. The van der Waals surface area contributed by atoms with Crippen molar-refractivity contribution in [2.45, 2.75) is 44.2 Å². The normalized spacial score (nSPS) is 14.6. The van der Waals surface area contributed by atoms with E-state index in [-0.39, 0.29) is 43.5 Å². The zero-order valence-corrected chi connectivity index (χ0v) is 19.8. The quantitative estimate of drug-likeness (QED) is 0.503. The molecule has 0 saturated heterocycles. The third-order valence-corrected chi connectivity index (χ3v) is 5.86. The zero-order valence-electron chi connectivity index (χ0n) is 15.9. The van der Waals surface area contributed by atoms with Gasteiger partial charge in [-0.05, 0) is 47.7 Å². The molecule has 0 bridgehead atoms. The van der Waals surface area contributed by atoms with E-state index < -0.39 is 6.04 Å². The Kier molecular flexibility index (Phi) is 10.8. The summed E-state index contributed by atoms with van der Waals surface area (Å²) in [6.07, 6.45) is 6.06. The van der Waals surface area contributed by atoms with Gasteiger partial charge in [-0.3, -0.25) is 9.78 Å². The van der Waals surface area contributed by atoms with Crippen LogP contribution >= 0.6 is 52.3 Å². The first-order chi connectivity index (χ1) is 13.0. The molecule has 1 aromatic heterocycles. The molecule has 0 unspecified atom stereocenters. The minimum Gasteiger partial charge on any atom is -0.493 e. The summed E-state index contributed by atoms with van der Waals surface area (Å²) in [7, 11) is 1.55. The monoisotopic (exact) mass is 528 g/mol. The van der Waals surface area contributed by atoms with E-state index in [4.69, 9.17) is 31.5 Å². The van der Waals surface area contributed by atoms with Crippen molar-refractivity contribution >= 4 is 69.2 Å². The summed E-state index contributed by atoms with van der Waals surface area (Å²) in [6.45, 7) is 0.257. The van der Waals surface area contributed by atoms with Gasteiger partial charge in [-0.1, -0.05) is 11.6 Å². The first-order valence-corrected chi connectivity index (χ1v) is 10.1. The van der Waals surface area contributed by atoms with E-state index in [1.807, 2.05) is 0 Å². The fourth-order valence-electron chi connectivity index (χ4n) is 3.09. The van der Waals surface area contributed by atoms with Gasteiger partial charge in [-0.15, -0.1) is 24.8 Å². The fourth-order valence-corrected chi connectivity index (χ4v) is 3.60. The number of halogens is 4. The van der Waals surface area contributed by atoms with Crippen LogP contribution in [0.3, 0.4) is 0 Å². The van der Waals surface area contributed by atoms with Gasteiger partial charge in [0.2, 0.25) is 0 Å². The SMILES string of the molecule is COc1cc2c(Cl)c(Br)cnc2cc1OCC[C@H](N)C(=O)OC1CCCC1.Cl.Cl. The molecule has 0 radical (unpaired) electrons. The summed E-state index contributed by atoms with van der Waals surface area (Å²) < 4.78 is 17.3. The summed E-state index contributed by atoms with van der Waals surface area (Å²) in [4.78, 5) is 16.4. The molecule has 0 amide bonds. The van der Waals surface area contributed by atoms with E-state index in [1.54, 1.807) is 25.4 Å². The number of benzene rings is 1. The molecule has 0 spiro atoms. The molecular weight excluding hydrogens is 506 g/mol. The van der Waals surface area contributed by atoms with Crippen LogP contribution in [-0.4, -0.2) is 36.8 Å². The van der Waals surface area contributed by atoms with Gasteiger partial charge in [0.1, 0.15) is 12.1 Å². The lowest BCUT2D eigenvalue weighted by Gasteiger charge is -2.17. The van der Waals surface area contributed by atoms with Gasteiger partial charge in [-0.2, -0.15) is 0 Å². The number of fused-ring (bicyclic) bond motifs is 1. The summed E-state index contributed by atoms with van der Waals surface area (Å²) >= 11 is 9.67. The number of nitrogens with two attached hydrogens (primary N) is 1. The first kappa shape index (κ1) is 26.0. The summed E-state index contributed by atoms with van der Waals surface area (Å²) in [5, 5.41) is 1.31. The van der Waals surface area contributed by atoms with Crippen molar-refractivity contribution < 1.29 is 19.0 Å². The molecule has 1 aliphatic rings. The van der Waals surface area contributed by atoms with E-state index in [0.29, 0.717) is 32.9 Å². The molecule has 1 fully saturated rings. The number of methoxy groups -OCH3 is 1. The molecule has 1 aromatic carbocycles. The molecular formula is C19H24BrCl3N2O4. The van der Waals surface area contributed by atoms with Gasteiger partial charge in [0.15, 0.2) is 11.5 Å². The van der Waals surface area contributed by atoms with E-state index in [2.05, 4.69) is 20.9 Å². The van der Waals surface area contributed by atoms with Crippen LogP contribution in [0.15, 0.2) is 22.8 Å². The Hall–Kier alpha value is -0.990. The third kappa shape index (κ3) is 6.49. The number of carbonyl (C=O) groups is 1. The molecule has 2 N–H and O–H groups in total. The Labute approximate surface area is 195 Å². The lowest BCUT2D eigenvalue weighted by Crippen LogP contribution is -2.35. The Morgan fingerprint density at radius 1 is 1.31 bits per heavy atom. The number of hydrogen-bond donors (Lipinski definition) is 1. The van der Waals surface area contributed by atoms with Crippen molar-refractivity contribution in [1.29, 1.82) is 0 Å². The second-order valence-corrected chi connectivity index (χ2v) is 7.76. The van der Waals surface area contributed by atoms with Crippen LogP contribution in [0.4, 0.5) is 0 Å². The highest BCUT2D eigenvalue weighted by Crippen LogP contribution is 2.37. The molecule has 3 rings (SSSR count). The van der Waals surface area contributed by atoms with Crippen molar-refractivity contribution in [2.75, 3.05) is 13.7 Å². The number of pyridine rings is 1. The van der Waals surface area contributed by atoms with Crippen LogP contribution in [-0.2, 0) is 9.53 Å². The topological polar surface area (TPSA) is 83.7 Å². The summed E-state index contributed by atoms with van der Waals surface area (Å²) in [5.74, 6) is 0.688. The minimum absolute atomic E-state index is 0. The Morgan fingerprint density at radius 3 is 2.66 bits per heavy atom. The molecule has 162 valence electrons. The van der Waals surface area contributed by atoms with Crippen LogP contribution < -0.4 is 15.2 Å². The lowest BCUT2D eigenvalue weighted by molar-refractivity contribution is -0.150. The molecule has 1 heterocycles. The van der Waals surface area contributed by atoms with E-state index in [0.717, 1.165) is 31.1 Å². The Morgan fingerprint density at radius 2 is 2.00 bits per heavy atom. The smallest absolute Gasteiger partial charge is 0.323 e. The summed E-state index contributed by atoms with van der Waals surface area (Å²) in [5.41, 5.74) is 6.62. The van der Waals surface area contributed by atoms with Gasteiger partial charge in [0.25, 0.3) is 0 Å². The van der Waals surface area contributed by atoms with Crippen LogP contribution in [0, 0.1) is 0 Å². The van der Waals surface area contributed by atoms with Crippen LogP contribution in [0.1, 0.15) is 32.1 Å². The van der Waals surface area contributed by atoms with Crippen molar-refractivity contribution in [3.8, 4) is 11.5 Å². The second kappa shape index (κ2) is 12.0. The maximum absolute atomic E-state index is 12.1. The lowest BCUT2D eigenvalue weighted by atomic mass is 10.2. The van der Waals surface area contributed by atoms with Crippen LogP contribution in [0.2, 0.25) is 5.02 Å².